The van der Waals surface area contributed by atoms with Crippen molar-refractivity contribution in [2.45, 2.75) is 32.4 Å². The van der Waals surface area contributed by atoms with Crippen LogP contribution in [-0.4, -0.2) is 37.2 Å². The van der Waals surface area contributed by atoms with Crippen LogP contribution in [-0.2, 0) is 11.2 Å². The van der Waals surface area contributed by atoms with Gasteiger partial charge in [0.1, 0.15) is 12.3 Å². The Hall–Kier alpha value is -1.72. The first-order valence-electron chi connectivity index (χ1n) is 6.83. The Balaban J connectivity index is 2.74. The highest BCUT2D eigenvalue weighted by Gasteiger charge is 2.32. The van der Waals surface area contributed by atoms with E-state index in [0.717, 1.165) is 11.3 Å². The van der Waals surface area contributed by atoms with E-state index < -0.39 is 18.6 Å². The number of methoxy groups -OCH3 is 1. The van der Waals surface area contributed by atoms with E-state index in [0.29, 0.717) is 17.7 Å². The highest BCUT2D eigenvalue weighted by Crippen LogP contribution is 2.19. The van der Waals surface area contributed by atoms with Crippen molar-refractivity contribution in [1.29, 1.82) is 0 Å². The minimum Gasteiger partial charge on any atom is -0.497 e. The molecule has 0 N–H and O–H groups in total. The SMILES string of the molecule is CCCCN(CC(F)(F)F)C(=O)Cc1cccc(OC)c1. The number of alkyl halides is 3. The fourth-order valence-electron chi connectivity index (χ4n) is 1.93. The average molecular weight is 303 g/mol. The van der Waals surface area contributed by atoms with E-state index in [4.69, 9.17) is 4.74 Å². The molecule has 3 nitrogen and oxygen atoms in total. The number of rotatable bonds is 7. The molecule has 0 fully saturated rings. The smallest absolute Gasteiger partial charge is 0.406 e. The van der Waals surface area contributed by atoms with Gasteiger partial charge in [0.25, 0.3) is 0 Å². The second-order valence-electron chi connectivity index (χ2n) is 4.81. The summed E-state index contributed by atoms with van der Waals surface area (Å²) in [6, 6.07) is 6.79. The maximum absolute atomic E-state index is 12.5. The molecule has 1 aromatic rings. The molecular weight excluding hydrogens is 283 g/mol. The predicted octanol–water partition coefficient (Wildman–Crippen LogP) is 3.43. The number of benzene rings is 1. The number of nitrogens with zero attached hydrogens (tertiary/aromatic N) is 1. The number of hydrogen-bond donors (Lipinski definition) is 0. The molecule has 0 aliphatic rings. The highest BCUT2D eigenvalue weighted by atomic mass is 19.4. The van der Waals surface area contributed by atoms with Crippen LogP contribution in [0.15, 0.2) is 24.3 Å². The van der Waals surface area contributed by atoms with Crippen LogP contribution < -0.4 is 4.74 Å². The zero-order valence-electron chi connectivity index (χ0n) is 12.2. The first-order valence-corrected chi connectivity index (χ1v) is 6.83. The molecule has 6 heteroatoms. The predicted molar refractivity (Wildman–Crippen MR) is 74.2 cm³/mol. The van der Waals surface area contributed by atoms with Crippen molar-refractivity contribution in [3.63, 3.8) is 0 Å². The molecule has 0 bridgehead atoms. The number of amides is 1. The van der Waals surface area contributed by atoms with Gasteiger partial charge >= 0.3 is 6.18 Å². The summed E-state index contributed by atoms with van der Waals surface area (Å²) >= 11 is 0. The van der Waals surface area contributed by atoms with E-state index >= 15 is 0 Å². The van der Waals surface area contributed by atoms with Gasteiger partial charge in [-0.15, -0.1) is 0 Å². The Morgan fingerprint density at radius 1 is 1.33 bits per heavy atom. The molecule has 0 unspecified atom stereocenters. The van der Waals surface area contributed by atoms with E-state index in [9.17, 15) is 18.0 Å². The first-order chi connectivity index (χ1) is 9.85. The van der Waals surface area contributed by atoms with E-state index in [1.807, 2.05) is 6.92 Å². The Morgan fingerprint density at radius 3 is 2.62 bits per heavy atom. The third-order valence-corrected chi connectivity index (χ3v) is 2.99. The van der Waals surface area contributed by atoms with Gasteiger partial charge in [-0.05, 0) is 24.1 Å². The molecule has 0 spiro atoms. The Kier molecular flexibility index (Phi) is 6.52. The highest BCUT2D eigenvalue weighted by molar-refractivity contribution is 5.79. The largest absolute Gasteiger partial charge is 0.497 e. The van der Waals surface area contributed by atoms with Crippen LogP contribution in [0.25, 0.3) is 0 Å². The Morgan fingerprint density at radius 2 is 2.05 bits per heavy atom. The van der Waals surface area contributed by atoms with Crippen molar-refractivity contribution in [3.05, 3.63) is 29.8 Å². The van der Waals surface area contributed by atoms with Crippen LogP contribution in [0.3, 0.4) is 0 Å². The monoisotopic (exact) mass is 303 g/mol. The molecule has 1 amide bonds. The summed E-state index contributed by atoms with van der Waals surface area (Å²) in [7, 11) is 1.50. The summed E-state index contributed by atoms with van der Waals surface area (Å²) in [5.41, 5.74) is 0.642. The fourth-order valence-corrected chi connectivity index (χ4v) is 1.93. The van der Waals surface area contributed by atoms with E-state index in [2.05, 4.69) is 0 Å². The second kappa shape index (κ2) is 7.90. The third-order valence-electron chi connectivity index (χ3n) is 2.99. The van der Waals surface area contributed by atoms with Crippen LogP contribution in [0.4, 0.5) is 13.2 Å². The standard InChI is InChI=1S/C15H20F3NO2/c1-3-4-8-19(11-15(16,17)18)14(20)10-12-6-5-7-13(9-12)21-2/h5-7,9H,3-4,8,10-11H2,1-2H3. The van der Waals surface area contributed by atoms with Gasteiger partial charge in [0.15, 0.2) is 0 Å². The topological polar surface area (TPSA) is 29.5 Å². The zero-order valence-corrected chi connectivity index (χ0v) is 12.2. The molecule has 1 aromatic carbocycles. The number of unbranched alkanes of at least 4 members (excludes halogenated alkanes) is 1. The summed E-state index contributed by atoms with van der Waals surface area (Å²) in [5, 5.41) is 0. The van der Waals surface area contributed by atoms with Crippen LogP contribution in [0.5, 0.6) is 5.75 Å². The molecule has 0 heterocycles. The molecule has 0 aliphatic carbocycles. The van der Waals surface area contributed by atoms with Crippen molar-refractivity contribution in [2.75, 3.05) is 20.2 Å². The second-order valence-corrected chi connectivity index (χ2v) is 4.81. The number of hydrogen-bond acceptors (Lipinski definition) is 2. The molecule has 0 atom stereocenters. The van der Waals surface area contributed by atoms with E-state index in [1.54, 1.807) is 24.3 Å². The minimum atomic E-state index is -4.38. The lowest BCUT2D eigenvalue weighted by atomic mass is 10.1. The summed E-state index contributed by atoms with van der Waals surface area (Å²) in [4.78, 5) is 13.0. The lowest BCUT2D eigenvalue weighted by Gasteiger charge is -2.24. The van der Waals surface area contributed by atoms with Gasteiger partial charge in [0.05, 0.1) is 13.5 Å². The van der Waals surface area contributed by atoms with E-state index in [1.165, 1.54) is 7.11 Å². The van der Waals surface area contributed by atoms with Crippen molar-refractivity contribution >= 4 is 5.91 Å². The van der Waals surface area contributed by atoms with E-state index in [-0.39, 0.29) is 13.0 Å². The molecule has 0 saturated heterocycles. The lowest BCUT2D eigenvalue weighted by molar-refractivity contribution is -0.160. The molecule has 0 aliphatic heterocycles. The van der Waals surface area contributed by atoms with Crippen LogP contribution in [0, 0.1) is 0 Å². The normalized spacial score (nSPS) is 11.3. The number of ether oxygens (including phenoxy) is 1. The maximum Gasteiger partial charge on any atom is 0.406 e. The average Bonchev–Trinajstić information content (AvgIpc) is 2.42. The third kappa shape index (κ3) is 6.51. The van der Waals surface area contributed by atoms with Gasteiger partial charge < -0.3 is 9.64 Å². The van der Waals surface area contributed by atoms with Gasteiger partial charge in [-0.25, -0.2) is 0 Å². The first kappa shape index (κ1) is 17.3. The van der Waals surface area contributed by atoms with Crippen molar-refractivity contribution in [2.24, 2.45) is 0 Å². The fraction of sp³-hybridized carbons (Fsp3) is 0.533. The summed E-state index contributed by atoms with van der Waals surface area (Å²) in [5.74, 6) is 0.0604. The van der Waals surface area contributed by atoms with Crippen molar-refractivity contribution in [1.82, 2.24) is 4.90 Å². The maximum atomic E-state index is 12.5. The summed E-state index contributed by atoms with van der Waals surface area (Å²) in [6.45, 7) is 0.799. The molecule has 118 valence electrons. The molecule has 0 aromatic heterocycles. The lowest BCUT2D eigenvalue weighted by Crippen LogP contribution is -2.40. The Bertz CT molecular complexity index is 460. The number of halogens is 3. The summed E-state index contributed by atoms with van der Waals surface area (Å²) < 4.78 is 42.6. The van der Waals surface area contributed by atoms with Crippen molar-refractivity contribution < 1.29 is 22.7 Å². The molecule has 0 radical (unpaired) electrons. The minimum absolute atomic E-state index is 0.0585. The molecule has 1 rings (SSSR count). The quantitative estimate of drug-likeness (QED) is 0.772. The van der Waals surface area contributed by atoms with Gasteiger partial charge in [-0.3, -0.25) is 4.79 Å². The van der Waals surface area contributed by atoms with Gasteiger partial charge in [0, 0.05) is 6.54 Å². The number of carbonyl (C=O) groups excluding carboxylic acids is 1. The van der Waals surface area contributed by atoms with Gasteiger partial charge in [-0.1, -0.05) is 25.5 Å². The van der Waals surface area contributed by atoms with Gasteiger partial charge in [0.2, 0.25) is 5.91 Å². The molecule has 21 heavy (non-hydrogen) atoms. The zero-order chi connectivity index (χ0) is 15.9. The molecular formula is C15H20F3NO2. The number of carbonyl (C=O) groups is 1. The summed E-state index contributed by atoms with van der Waals surface area (Å²) in [6.07, 6.45) is -3.14. The Labute approximate surface area is 122 Å². The van der Waals surface area contributed by atoms with Gasteiger partial charge in [-0.2, -0.15) is 13.2 Å². The van der Waals surface area contributed by atoms with Crippen LogP contribution >= 0.6 is 0 Å². The van der Waals surface area contributed by atoms with Crippen LogP contribution in [0.2, 0.25) is 0 Å². The van der Waals surface area contributed by atoms with Crippen molar-refractivity contribution in [3.8, 4) is 5.75 Å². The molecule has 0 saturated carbocycles. The van der Waals surface area contributed by atoms with Crippen LogP contribution in [0.1, 0.15) is 25.3 Å².